The summed E-state index contributed by atoms with van der Waals surface area (Å²) in [4.78, 5) is 52.8. The molecule has 10 heteroatoms. The Morgan fingerprint density at radius 3 is 2.53 bits per heavy atom. The molecular formula is C20H26N2O6S2. The lowest BCUT2D eigenvalue weighted by Gasteiger charge is -2.56. The topological polar surface area (TPSA) is 93.2 Å². The number of amides is 2. The number of carbonyl (C=O) groups is 4. The fraction of sp³-hybridized carbons (Fsp3) is 0.600. The summed E-state index contributed by atoms with van der Waals surface area (Å²) in [6, 6.07) is 3.02. The number of rotatable bonds is 5. The van der Waals surface area contributed by atoms with Crippen molar-refractivity contribution in [3.05, 3.63) is 17.5 Å². The summed E-state index contributed by atoms with van der Waals surface area (Å²) >= 11 is 2.80. The summed E-state index contributed by atoms with van der Waals surface area (Å²) in [6.07, 6.45) is 0. The van der Waals surface area contributed by atoms with E-state index < -0.39 is 29.0 Å². The predicted octanol–water partition coefficient (Wildman–Crippen LogP) is 2.28. The lowest BCUT2D eigenvalue weighted by Crippen LogP contribution is -2.75. The van der Waals surface area contributed by atoms with E-state index in [1.54, 1.807) is 31.7 Å². The second-order valence-corrected chi connectivity index (χ2v) is 10.5. The van der Waals surface area contributed by atoms with Crippen molar-refractivity contribution in [1.29, 1.82) is 0 Å². The number of thiophene rings is 1. The molecule has 3 atom stereocenters. The molecule has 0 radical (unpaired) electrons. The number of nitrogens with zero attached hydrogens (tertiary/aromatic N) is 2. The van der Waals surface area contributed by atoms with E-state index in [0.29, 0.717) is 10.8 Å². The Bertz CT molecular complexity index is 850. The summed E-state index contributed by atoms with van der Waals surface area (Å²) in [5.41, 5.74) is -1.86. The van der Waals surface area contributed by atoms with E-state index in [-0.39, 0.29) is 30.3 Å². The second-order valence-electron chi connectivity index (χ2n) is 8.52. The molecule has 2 aliphatic rings. The molecule has 2 fully saturated rings. The van der Waals surface area contributed by atoms with E-state index >= 15 is 0 Å². The Morgan fingerprint density at radius 1 is 1.30 bits per heavy atom. The molecule has 3 rings (SSSR count). The van der Waals surface area contributed by atoms with E-state index in [4.69, 9.17) is 9.47 Å². The van der Waals surface area contributed by atoms with Gasteiger partial charge in [-0.3, -0.25) is 24.1 Å². The molecule has 0 aromatic carbocycles. The largest absolute Gasteiger partial charge is 0.465 e. The molecule has 0 saturated carbocycles. The summed E-state index contributed by atoms with van der Waals surface area (Å²) in [5.74, 6) is -1.12. The highest BCUT2D eigenvalue weighted by Gasteiger charge is 2.60. The molecule has 2 saturated heterocycles. The summed E-state index contributed by atoms with van der Waals surface area (Å²) in [5, 5.41) is 2.30. The van der Waals surface area contributed by atoms with Crippen molar-refractivity contribution in [2.75, 3.05) is 23.8 Å². The molecule has 1 aromatic heterocycles. The average molecular weight is 455 g/mol. The number of esters is 2. The van der Waals surface area contributed by atoms with Crippen LogP contribution in [0.2, 0.25) is 0 Å². The number of carbonyl (C=O) groups excluding carboxylic acids is 4. The van der Waals surface area contributed by atoms with Gasteiger partial charge in [-0.1, -0.05) is 0 Å². The van der Waals surface area contributed by atoms with Gasteiger partial charge in [0.05, 0.1) is 5.00 Å². The van der Waals surface area contributed by atoms with Crippen LogP contribution < -0.4 is 4.90 Å². The first-order valence-corrected chi connectivity index (χ1v) is 11.5. The van der Waals surface area contributed by atoms with Crippen molar-refractivity contribution in [3.63, 3.8) is 0 Å². The fourth-order valence-corrected chi connectivity index (χ4v) is 5.87. The van der Waals surface area contributed by atoms with Crippen LogP contribution in [0.5, 0.6) is 0 Å². The van der Waals surface area contributed by atoms with Crippen LogP contribution >= 0.6 is 23.1 Å². The zero-order valence-electron chi connectivity index (χ0n) is 17.7. The standard InChI is InChI=1S/C20H26N2O6S2/c1-12(23)22(14-7-6-8-29-14)15-16(25)21-9-20(10-27-13(2)24,11-30-17(15)21)18(26)28-19(3,4)5/h6-8,15,17H,9-11H2,1-5H3/t15?,17-,20?/m1/s1. The molecule has 0 bridgehead atoms. The third-order valence-corrected chi connectivity index (χ3v) is 7.30. The first-order valence-electron chi connectivity index (χ1n) is 9.57. The van der Waals surface area contributed by atoms with Gasteiger partial charge in [0, 0.05) is 26.1 Å². The highest BCUT2D eigenvalue weighted by Crippen LogP contribution is 2.46. The molecule has 164 valence electrons. The van der Waals surface area contributed by atoms with Crippen molar-refractivity contribution in [2.45, 2.75) is 51.6 Å². The van der Waals surface area contributed by atoms with Crippen LogP contribution in [0.25, 0.3) is 0 Å². The molecule has 2 unspecified atom stereocenters. The number of anilines is 1. The van der Waals surface area contributed by atoms with Gasteiger partial charge in [-0.15, -0.1) is 23.1 Å². The maximum atomic E-state index is 13.0. The summed E-state index contributed by atoms with van der Waals surface area (Å²) < 4.78 is 10.8. The van der Waals surface area contributed by atoms with Crippen LogP contribution in [0.15, 0.2) is 17.5 Å². The monoisotopic (exact) mass is 454 g/mol. The van der Waals surface area contributed by atoms with Gasteiger partial charge in [-0.2, -0.15) is 0 Å². The highest BCUT2D eigenvalue weighted by molar-refractivity contribution is 8.00. The Balaban J connectivity index is 1.82. The number of hydrogen-bond donors (Lipinski definition) is 0. The zero-order valence-corrected chi connectivity index (χ0v) is 19.3. The third-order valence-electron chi connectivity index (χ3n) is 4.86. The molecule has 1 aromatic rings. The van der Waals surface area contributed by atoms with Crippen LogP contribution in [0.3, 0.4) is 0 Å². The van der Waals surface area contributed by atoms with Gasteiger partial charge in [0.25, 0.3) is 0 Å². The van der Waals surface area contributed by atoms with Crippen LogP contribution in [-0.4, -0.2) is 64.6 Å². The van der Waals surface area contributed by atoms with Crippen molar-refractivity contribution >= 4 is 51.9 Å². The number of β-lactam (4-membered cyclic amide) rings is 1. The predicted molar refractivity (Wildman–Crippen MR) is 114 cm³/mol. The average Bonchev–Trinajstić information content (AvgIpc) is 3.16. The molecule has 3 heterocycles. The van der Waals surface area contributed by atoms with Gasteiger partial charge in [-0.05, 0) is 38.3 Å². The number of fused-ring (bicyclic) bond motifs is 1. The van der Waals surface area contributed by atoms with Crippen molar-refractivity contribution < 1.29 is 28.7 Å². The molecule has 8 nitrogen and oxygen atoms in total. The minimum absolute atomic E-state index is 0.0817. The van der Waals surface area contributed by atoms with Gasteiger partial charge < -0.3 is 14.4 Å². The molecule has 0 aliphatic carbocycles. The van der Waals surface area contributed by atoms with Gasteiger partial charge in [0.15, 0.2) is 0 Å². The molecule has 0 N–H and O–H groups in total. The van der Waals surface area contributed by atoms with Gasteiger partial charge >= 0.3 is 11.9 Å². The van der Waals surface area contributed by atoms with Crippen molar-refractivity contribution in [2.24, 2.45) is 5.41 Å². The second kappa shape index (κ2) is 8.22. The van der Waals surface area contributed by atoms with E-state index in [9.17, 15) is 19.2 Å². The molecular weight excluding hydrogens is 428 g/mol. The van der Waals surface area contributed by atoms with Gasteiger partial charge in [0.2, 0.25) is 11.8 Å². The van der Waals surface area contributed by atoms with E-state index in [0.717, 1.165) is 0 Å². The third kappa shape index (κ3) is 4.34. The normalized spacial score (nSPS) is 25.8. The Kier molecular flexibility index (Phi) is 6.20. The minimum Gasteiger partial charge on any atom is -0.465 e. The Hall–Kier alpha value is -2.07. The first kappa shape index (κ1) is 22.6. The maximum Gasteiger partial charge on any atom is 0.318 e. The Morgan fingerprint density at radius 2 is 2.00 bits per heavy atom. The molecule has 2 amide bonds. The summed E-state index contributed by atoms with van der Waals surface area (Å²) in [6.45, 7) is 7.93. The van der Waals surface area contributed by atoms with Crippen LogP contribution in [0.1, 0.15) is 34.6 Å². The van der Waals surface area contributed by atoms with E-state index in [2.05, 4.69) is 0 Å². The minimum atomic E-state index is -1.15. The number of thioether (sulfide) groups is 1. The smallest absolute Gasteiger partial charge is 0.318 e. The van der Waals surface area contributed by atoms with Crippen molar-refractivity contribution in [3.8, 4) is 0 Å². The molecule has 0 spiro atoms. The lowest BCUT2D eigenvalue weighted by atomic mass is 9.87. The molecule has 2 aliphatic heterocycles. The maximum absolute atomic E-state index is 13.0. The number of hydrogen-bond acceptors (Lipinski definition) is 8. The van der Waals surface area contributed by atoms with Gasteiger partial charge in [0.1, 0.15) is 29.0 Å². The zero-order chi connectivity index (χ0) is 22.3. The molecule has 30 heavy (non-hydrogen) atoms. The van der Waals surface area contributed by atoms with E-state index in [1.165, 1.54) is 41.8 Å². The van der Waals surface area contributed by atoms with Crippen molar-refractivity contribution in [1.82, 2.24) is 4.90 Å². The highest BCUT2D eigenvalue weighted by atomic mass is 32.2. The SMILES string of the molecule is CC(=O)OCC1(C(=O)OC(C)(C)C)CS[C@@H]2C(N(C(C)=O)c3cccs3)C(=O)N2C1. The first-order chi connectivity index (χ1) is 13.9. The fourth-order valence-electron chi connectivity index (χ4n) is 3.50. The van der Waals surface area contributed by atoms with Gasteiger partial charge in [-0.25, -0.2) is 0 Å². The Labute approximate surface area is 183 Å². The van der Waals surface area contributed by atoms with Crippen LogP contribution in [-0.2, 0) is 28.7 Å². The number of ether oxygens (including phenoxy) is 2. The quantitative estimate of drug-likeness (QED) is 0.498. The van der Waals surface area contributed by atoms with E-state index in [1.807, 2.05) is 11.4 Å². The van der Waals surface area contributed by atoms with Crippen LogP contribution in [0.4, 0.5) is 5.00 Å². The lowest BCUT2D eigenvalue weighted by molar-refractivity contribution is -0.176. The van der Waals surface area contributed by atoms with Crippen LogP contribution in [0, 0.1) is 5.41 Å². The summed E-state index contributed by atoms with van der Waals surface area (Å²) in [7, 11) is 0.